The first-order valence-corrected chi connectivity index (χ1v) is 9.28. The SMILES string of the molecule is N#C/C(=C(/O)COC(=O)[C@H]1COc2ccc(Cl)cc2C1)c1nc2ccccc2[nH]1. The predicted molar refractivity (Wildman–Crippen MR) is 106 cm³/mol. The van der Waals surface area contributed by atoms with E-state index >= 15 is 0 Å². The lowest BCUT2D eigenvalue weighted by molar-refractivity contribution is -0.149. The molecule has 0 unspecified atom stereocenters. The van der Waals surface area contributed by atoms with E-state index < -0.39 is 18.5 Å². The summed E-state index contributed by atoms with van der Waals surface area (Å²) in [5.74, 6) is -0.515. The fourth-order valence-corrected chi connectivity index (χ4v) is 3.36. The van der Waals surface area contributed by atoms with E-state index in [-0.39, 0.29) is 23.8 Å². The Hall–Kier alpha value is -3.50. The van der Waals surface area contributed by atoms with E-state index in [2.05, 4.69) is 9.97 Å². The minimum absolute atomic E-state index is 0.0778. The summed E-state index contributed by atoms with van der Waals surface area (Å²) in [7, 11) is 0. The maximum atomic E-state index is 12.4. The fraction of sp³-hybridized carbons (Fsp3) is 0.190. The number of aromatic amines is 1. The van der Waals surface area contributed by atoms with Gasteiger partial charge >= 0.3 is 5.97 Å². The number of rotatable bonds is 4. The lowest BCUT2D eigenvalue weighted by Gasteiger charge is -2.24. The lowest BCUT2D eigenvalue weighted by Crippen LogP contribution is -2.30. The van der Waals surface area contributed by atoms with Crippen molar-refractivity contribution in [1.29, 1.82) is 5.26 Å². The Kier molecular flexibility index (Phi) is 5.10. The van der Waals surface area contributed by atoms with Crippen LogP contribution in [0.4, 0.5) is 0 Å². The molecule has 1 aliphatic rings. The van der Waals surface area contributed by atoms with E-state index in [9.17, 15) is 15.2 Å². The molecule has 0 aliphatic carbocycles. The number of carbonyl (C=O) groups excluding carboxylic acids is 1. The standard InChI is InChI=1S/C21H16ClN3O4/c22-14-5-6-19-12(8-14)7-13(10-28-19)21(27)29-11-18(26)15(9-23)20-24-16-3-1-2-4-17(16)25-20/h1-6,8,13,26H,7,10-11H2,(H,24,25)/b18-15-/t13-/m1/s1. The highest BCUT2D eigenvalue weighted by Gasteiger charge is 2.28. The van der Waals surface area contributed by atoms with E-state index in [0.717, 1.165) is 11.1 Å². The molecule has 29 heavy (non-hydrogen) atoms. The highest BCUT2D eigenvalue weighted by atomic mass is 35.5. The highest BCUT2D eigenvalue weighted by Crippen LogP contribution is 2.30. The Labute approximate surface area is 171 Å². The molecule has 3 aromatic rings. The lowest BCUT2D eigenvalue weighted by atomic mass is 9.97. The van der Waals surface area contributed by atoms with E-state index in [1.807, 2.05) is 24.3 Å². The molecule has 0 saturated carbocycles. The van der Waals surface area contributed by atoms with Crippen LogP contribution in [0.1, 0.15) is 11.4 Å². The second-order valence-corrected chi connectivity index (χ2v) is 7.04. The largest absolute Gasteiger partial charge is 0.507 e. The Morgan fingerprint density at radius 1 is 1.38 bits per heavy atom. The second kappa shape index (κ2) is 7.86. The minimum atomic E-state index is -0.524. The summed E-state index contributed by atoms with van der Waals surface area (Å²) in [6.45, 7) is -0.260. The molecule has 0 spiro atoms. The number of fused-ring (bicyclic) bond motifs is 2. The van der Waals surface area contributed by atoms with Crippen LogP contribution in [-0.2, 0) is 16.0 Å². The van der Waals surface area contributed by atoms with Crippen LogP contribution in [0, 0.1) is 17.2 Å². The molecule has 0 amide bonds. The number of aliphatic hydroxyl groups is 1. The number of nitrogens with one attached hydrogen (secondary N) is 1. The number of imidazole rings is 1. The summed E-state index contributed by atoms with van der Waals surface area (Å²) in [6, 6.07) is 14.4. The molecule has 1 atom stereocenters. The molecular formula is C21H16ClN3O4. The van der Waals surface area contributed by atoms with Gasteiger partial charge in [0.25, 0.3) is 0 Å². The van der Waals surface area contributed by atoms with Gasteiger partial charge in [0.1, 0.15) is 30.6 Å². The minimum Gasteiger partial charge on any atom is -0.507 e. The molecule has 0 radical (unpaired) electrons. The number of carbonyl (C=O) groups is 1. The molecule has 0 fully saturated rings. The van der Waals surface area contributed by atoms with Crippen LogP contribution in [0.15, 0.2) is 48.2 Å². The average molecular weight is 410 g/mol. The highest BCUT2D eigenvalue weighted by molar-refractivity contribution is 6.30. The number of para-hydroxylation sites is 2. The number of hydrogen-bond acceptors (Lipinski definition) is 6. The van der Waals surface area contributed by atoms with Crippen LogP contribution in [0.25, 0.3) is 16.6 Å². The first kappa shape index (κ1) is 18.8. The monoisotopic (exact) mass is 409 g/mol. The fourth-order valence-electron chi connectivity index (χ4n) is 3.17. The van der Waals surface area contributed by atoms with Crippen LogP contribution in [0.2, 0.25) is 5.02 Å². The second-order valence-electron chi connectivity index (χ2n) is 6.61. The molecule has 8 heteroatoms. The first-order chi connectivity index (χ1) is 14.0. The van der Waals surface area contributed by atoms with Crippen molar-refractivity contribution in [2.75, 3.05) is 13.2 Å². The third-order valence-corrected chi connectivity index (χ3v) is 4.88. The molecule has 2 N–H and O–H groups in total. The van der Waals surface area contributed by atoms with Gasteiger partial charge in [0.05, 0.1) is 17.0 Å². The van der Waals surface area contributed by atoms with Crippen molar-refractivity contribution in [1.82, 2.24) is 9.97 Å². The van der Waals surface area contributed by atoms with Crippen molar-refractivity contribution < 1.29 is 19.4 Å². The van der Waals surface area contributed by atoms with E-state index in [4.69, 9.17) is 21.1 Å². The Morgan fingerprint density at radius 2 is 2.21 bits per heavy atom. The number of aliphatic hydroxyl groups excluding tert-OH is 1. The predicted octanol–water partition coefficient (Wildman–Crippen LogP) is 3.80. The number of hydrogen-bond donors (Lipinski definition) is 2. The number of benzene rings is 2. The van der Waals surface area contributed by atoms with Crippen LogP contribution in [0.3, 0.4) is 0 Å². The van der Waals surface area contributed by atoms with Crippen molar-refractivity contribution in [2.24, 2.45) is 5.92 Å². The van der Waals surface area contributed by atoms with Gasteiger partial charge in [0.2, 0.25) is 0 Å². The van der Waals surface area contributed by atoms with Gasteiger partial charge < -0.3 is 19.6 Å². The molecule has 2 aromatic carbocycles. The van der Waals surface area contributed by atoms with Crippen molar-refractivity contribution in [3.63, 3.8) is 0 Å². The summed E-state index contributed by atoms with van der Waals surface area (Å²) in [5, 5.41) is 20.3. The normalized spacial score (nSPS) is 16.3. The molecule has 2 heterocycles. The van der Waals surface area contributed by atoms with Crippen LogP contribution < -0.4 is 4.74 Å². The van der Waals surface area contributed by atoms with E-state index in [0.29, 0.717) is 22.7 Å². The molecule has 7 nitrogen and oxygen atoms in total. The summed E-state index contributed by atoms with van der Waals surface area (Å²) in [5.41, 5.74) is 2.14. The zero-order valence-electron chi connectivity index (χ0n) is 15.2. The summed E-state index contributed by atoms with van der Waals surface area (Å²) >= 11 is 5.99. The third-order valence-electron chi connectivity index (χ3n) is 4.64. The molecular weight excluding hydrogens is 394 g/mol. The third kappa shape index (κ3) is 3.89. The van der Waals surface area contributed by atoms with Gasteiger partial charge in [0, 0.05) is 5.02 Å². The number of H-pyrrole nitrogens is 1. The zero-order chi connectivity index (χ0) is 20.4. The van der Waals surface area contributed by atoms with Gasteiger partial charge in [-0.05, 0) is 42.3 Å². The maximum absolute atomic E-state index is 12.4. The van der Waals surface area contributed by atoms with Crippen molar-refractivity contribution >= 4 is 34.2 Å². The number of nitrogens with zero attached hydrogens (tertiary/aromatic N) is 2. The zero-order valence-corrected chi connectivity index (χ0v) is 15.9. The van der Waals surface area contributed by atoms with Crippen LogP contribution in [0.5, 0.6) is 5.75 Å². The number of halogens is 1. The van der Waals surface area contributed by atoms with Crippen molar-refractivity contribution in [2.45, 2.75) is 6.42 Å². The summed E-state index contributed by atoms with van der Waals surface area (Å²) in [4.78, 5) is 19.7. The Bertz CT molecular complexity index is 1130. The van der Waals surface area contributed by atoms with Gasteiger partial charge in [-0.25, -0.2) is 4.98 Å². The van der Waals surface area contributed by atoms with Gasteiger partial charge in [-0.15, -0.1) is 0 Å². The Morgan fingerprint density at radius 3 is 3.00 bits per heavy atom. The maximum Gasteiger partial charge on any atom is 0.313 e. The smallest absolute Gasteiger partial charge is 0.313 e. The van der Waals surface area contributed by atoms with Gasteiger partial charge in [-0.3, -0.25) is 4.79 Å². The van der Waals surface area contributed by atoms with Crippen molar-refractivity contribution in [3.8, 4) is 11.8 Å². The number of aromatic nitrogens is 2. The Balaban J connectivity index is 1.46. The summed E-state index contributed by atoms with van der Waals surface area (Å²) < 4.78 is 10.8. The number of ether oxygens (including phenoxy) is 2. The molecule has 1 aliphatic heterocycles. The van der Waals surface area contributed by atoms with E-state index in [1.165, 1.54) is 0 Å². The van der Waals surface area contributed by atoms with Crippen LogP contribution >= 0.6 is 11.6 Å². The number of allylic oxidation sites excluding steroid dienone is 1. The van der Waals surface area contributed by atoms with Gasteiger partial charge in [-0.2, -0.15) is 5.26 Å². The molecule has 4 rings (SSSR count). The van der Waals surface area contributed by atoms with Crippen LogP contribution in [-0.4, -0.2) is 34.3 Å². The summed E-state index contributed by atoms with van der Waals surface area (Å²) in [6.07, 6.45) is 0.424. The average Bonchev–Trinajstić information content (AvgIpc) is 3.15. The molecule has 0 bridgehead atoms. The quantitative estimate of drug-likeness (QED) is 0.385. The van der Waals surface area contributed by atoms with Crippen molar-refractivity contribution in [3.05, 3.63) is 64.6 Å². The van der Waals surface area contributed by atoms with Gasteiger partial charge in [-0.1, -0.05) is 23.7 Å². The van der Waals surface area contributed by atoms with E-state index in [1.54, 1.807) is 24.3 Å². The topological polar surface area (TPSA) is 108 Å². The molecule has 0 saturated heterocycles. The number of esters is 1. The number of nitriles is 1. The first-order valence-electron chi connectivity index (χ1n) is 8.90. The van der Waals surface area contributed by atoms with Gasteiger partial charge in [0.15, 0.2) is 11.6 Å². The molecule has 1 aromatic heterocycles. The molecule has 146 valence electrons.